The van der Waals surface area contributed by atoms with Gasteiger partial charge in [-0.3, -0.25) is 4.79 Å². The number of hydrogen-bond acceptors (Lipinski definition) is 6. The summed E-state index contributed by atoms with van der Waals surface area (Å²) < 4.78 is 13.1. The van der Waals surface area contributed by atoms with E-state index in [0.29, 0.717) is 48.6 Å². The standard InChI is InChI=1S/C16H20BrN5O4/c1-15(2,3)26-14(24)21-6-4-16(5-7-21)10-9(8-25-16)18-13-19-12(17)20-22(13)11(10)23/h4-8H2,1-3H3,(H,18,19,20). The first kappa shape index (κ1) is 17.5. The molecule has 2 aliphatic rings. The Labute approximate surface area is 157 Å². The second-order valence-electron chi connectivity index (χ2n) is 7.65. The summed E-state index contributed by atoms with van der Waals surface area (Å²) in [6.07, 6.45) is 0.725. The number of halogens is 1. The van der Waals surface area contributed by atoms with Gasteiger partial charge in [0.2, 0.25) is 10.5 Å². The Kier molecular flexibility index (Phi) is 3.88. The lowest BCUT2D eigenvalue weighted by atomic mass is 9.85. The van der Waals surface area contributed by atoms with Crippen LogP contribution in [0.15, 0.2) is 9.53 Å². The number of nitrogens with one attached hydrogen (secondary N) is 1. The van der Waals surface area contributed by atoms with Gasteiger partial charge in [-0.25, -0.2) is 4.79 Å². The molecule has 1 amide bonds. The number of carbonyl (C=O) groups excluding carboxylic acids is 1. The molecule has 0 aromatic carbocycles. The van der Waals surface area contributed by atoms with E-state index in [9.17, 15) is 9.59 Å². The first-order valence-electron chi connectivity index (χ1n) is 8.48. The van der Waals surface area contributed by atoms with Crippen LogP contribution >= 0.6 is 15.9 Å². The molecule has 0 saturated carbocycles. The van der Waals surface area contributed by atoms with Crippen LogP contribution in [0.5, 0.6) is 0 Å². The Bertz CT molecular complexity index is 936. The summed E-state index contributed by atoms with van der Waals surface area (Å²) in [4.78, 5) is 34.2. The molecule has 1 spiro atoms. The van der Waals surface area contributed by atoms with Crippen LogP contribution in [0.25, 0.3) is 5.78 Å². The minimum Gasteiger partial charge on any atom is -0.444 e. The molecule has 0 bridgehead atoms. The van der Waals surface area contributed by atoms with Gasteiger partial charge < -0.3 is 19.4 Å². The van der Waals surface area contributed by atoms with E-state index in [2.05, 4.69) is 31.0 Å². The van der Waals surface area contributed by atoms with Crippen molar-refractivity contribution in [1.29, 1.82) is 0 Å². The molecule has 2 aliphatic heterocycles. The molecule has 10 heteroatoms. The van der Waals surface area contributed by atoms with Crippen LogP contribution < -0.4 is 5.56 Å². The maximum atomic E-state index is 12.9. The maximum absolute atomic E-state index is 12.9. The lowest BCUT2D eigenvalue weighted by Crippen LogP contribution is -2.48. The minimum atomic E-state index is -0.700. The van der Waals surface area contributed by atoms with Crippen molar-refractivity contribution >= 4 is 27.8 Å². The summed E-state index contributed by atoms with van der Waals surface area (Å²) in [5.41, 5.74) is -0.144. The number of likely N-dealkylation sites (tertiary alicyclic amines) is 1. The molecular formula is C16H20BrN5O4. The highest BCUT2D eigenvalue weighted by molar-refractivity contribution is 9.10. The molecule has 1 N–H and O–H groups in total. The van der Waals surface area contributed by atoms with E-state index in [0.717, 1.165) is 5.69 Å². The van der Waals surface area contributed by atoms with Crippen molar-refractivity contribution < 1.29 is 14.3 Å². The SMILES string of the molecule is CC(C)(C)OC(=O)N1CCC2(CC1)OCc1[nH]c3nc(Br)nn3c(=O)c12. The number of aromatic nitrogens is 4. The van der Waals surface area contributed by atoms with Crippen LogP contribution in [0.2, 0.25) is 0 Å². The topological polar surface area (TPSA) is 102 Å². The van der Waals surface area contributed by atoms with Crippen molar-refractivity contribution in [2.75, 3.05) is 13.1 Å². The van der Waals surface area contributed by atoms with Crippen molar-refractivity contribution in [3.05, 3.63) is 26.3 Å². The number of nitrogens with zero attached hydrogens (tertiary/aromatic N) is 4. The first-order chi connectivity index (χ1) is 12.2. The number of hydrogen-bond donors (Lipinski definition) is 1. The van der Waals surface area contributed by atoms with E-state index >= 15 is 0 Å². The predicted molar refractivity (Wildman–Crippen MR) is 94.8 cm³/mol. The fraction of sp³-hybridized carbons (Fsp3) is 0.625. The molecule has 2 aromatic heterocycles. The molecule has 1 fully saturated rings. The molecular weight excluding hydrogens is 406 g/mol. The number of ether oxygens (including phenoxy) is 2. The summed E-state index contributed by atoms with van der Waals surface area (Å²) in [6, 6.07) is 0. The fourth-order valence-electron chi connectivity index (χ4n) is 3.57. The van der Waals surface area contributed by atoms with Crippen LogP contribution in [0.4, 0.5) is 4.79 Å². The zero-order valence-corrected chi connectivity index (χ0v) is 16.4. The zero-order valence-electron chi connectivity index (χ0n) is 14.8. The first-order valence-corrected chi connectivity index (χ1v) is 9.28. The quantitative estimate of drug-likeness (QED) is 0.691. The molecule has 140 valence electrons. The van der Waals surface area contributed by atoms with Crippen molar-refractivity contribution in [1.82, 2.24) is 24.5 Å². The highest BCUT2D eigenvalue weighted by atomic mass is 79.9. The fourth-order valence-corrected chi connectivity index (χ4v) is 3.90. The van der Waals surface area contributed by atoms with Crippen molar-refractivity contribution in [2.24, 2.45) is 0 Å². The van der Waals surface area contributed by atoms with E-state index in [1.807, 2.05) is 20.8 Å². The molecule has 0 aliphatic carbocycles. The summed E-state index contributed by atoms with van der Waals surface area (Å²) in [5, 5.41) is 4.09. The van der Waals surface area contributed by atoms with Crippen molar-refractivity contribution in [2.45, 2.75) is 51.4 Å². The third-order valence-corrected chi connectivity index (χ3v) is 5.06. The normalized spacial score (nSPS) is 19.2. The van der Waals surface area contributed by atoms with Crippen LogP contribution in [0.3, 0.4) is 0 Å². The van der Waals surface area contributed by atoms with E-state index in [1.165, 1.54) is 4.52 Å². The maximum Gasteiger partial charge on any atom is 0.410 e. The number of fused-ring (bicyclic) bond motifs is 3. The van der Waals surface area contributed by atoms with E-state index in [-0.39, 0.29) is 11.7 Å². The van der Waals surface area contributed by atoms with E-state index < -0.39 is 11.2 Å². The lowest BCUT2D eigenvalue weighted by Gasteiger charge is -2.38. The van der Waals surface area contributed by atoms with Crippen LogP contribution in [-0.4, -0.2) is 49.3 Å². The average Bonchev–Trinajstić information content (AvgIpc) is 3.08. The Morgan fingerprint density at radius 2 is 2.04 bits per heavy atom. The smallest absolute Gasteiger partial charge is 0.410 e. The zero-order chi connectivity index (χ0) is 18.7. The number of aromatic amines is 1. The highest BCUT2D eigenvalue weighted by Crippen LogP contribution is 2.42. The van der Waals surface area contributed by atoms with Gasteiger partial charge in [-0.15, -0.1) is 5.10 Å². The molecule has 0 radical (unpaired) electrons. The van der Waals surface area contributed by atoms with Crippen molar-refractivity contribution in [3.8, 4) is 0 Å². The second kappa shape index (κ2) is 5.78. The number of H-pyrrole nitrogens is 1. The molecule has 4 rings (SSSR count). The Balaban J connectivity index is 1.61. The van der Waals surface area contributed by atoms with Gasteiger partial charge in [0, 0.05) is 13.1 Å². The minimum absolute atomic E-state index is 0.227. The number of carbonyl (C=O) groups is 1. The highest BCUT2D eigenvalue weighted by Gasteiger charge is 2.47. The predicted octanol–water partition coefficient (Wildman–Crippen LogP) is 1.94. The third kappa shape index (κ3) is 2.81. The number of amides is 1. The van der Waals surface area contributed by atoms with Gasteiger partial charge in [0.25, 0.3) is 5.56 Å². The number of rotatable bonds is 0. The van der Waals surface area contributed by atoms with Gasteiger partial charge in [0.15, 0.2) is 0 Å². The Morgan fingerprint density at radius 3 is 2.69 bits per heavy atom. The largest absolute Gasteiger partial charge is 0.444 e. The molecule has 2 aromatic rings. The average molecular weight is 426 g/mol. The van der Waals surface area contributed by atoms with E-state index in [1.54, 1.807) is 4.90 Å². The van der Waals surface area contributed by atoms with Gasteiger partial charge in [-0.2, -0.15) is 9.50 Å². The van der Waals surface area contributed by atoms with Gasteiger partial charge in [0.05, 0.1) is 17.9 Å². The summed E-state index contributed by atoms with van der Waals surface area (Å²) in [6.45, 7) is 6.77. The molecule has 26 heavy (non-hydrogen) atoms. The second-order valence-corrected chi connectivity index (χ2v) is 8.36. The summed E-state index contributed by atoms with van der Waals surface area (Å²) in [7, 11) is 0. The van der Waals surface area contributed by atoms with Gasteiger partial charge in [-0.05, 0) is 49.5 Å². The van der Waals surface area contributed by atoms with Crippen LogP contribution in [0, 0.1) is 0 Å². The number of piperidine rings is 1. The molecule has 4 heterocycles. The van der Waals surface area contributed by atoms with Gasteiger partial charge in [0.1, 0.15) is 11.2 Å². The molecule has 0 atom stereocenters. The van der Waals surface area contributed by atoms with E-state index in [4.69, 9.17) is 9.47 Å². The van der Waals surface area contributed by atoms with Gasteiger partial charge in [-0.1, -0.05) is 0 Å². The third-order valence-electron chi connectivity index (χ3n) is 4.72. The molecule has 9 nitrogen and oxygen atoms in total. The Hall–Kier alpha value is -1.94. The molecule has 0 unspecified atom stereocenters. The van der Waals surface area contributed by atoms with Crippen LogP contribution in [0.1, 0.15) is 44.9 Å². The Morgan fingerprint density at radius 1 is 1.35 bits per heavy atom. The van der Waals surface area contributed by atoms with Crippen LogP contribution in [-0.2, 0) is 21.7 Å². The lowest BCUT2D eigenvalue weighted by molar-refractivity contribution is -0.0806. The van der Waals surface area contributed by atoms with Crippen molar-refractivity contribution in [3.63, 3.8) is 0 Å². The summed E-state index contributed by atoms with van der Waals surface area (Å²) >= 11 is 3.19. The molecule has 1 saturated heterocycles. The summed E-state index contributed by atoms with van der Waals surface area (Å²) in [5.74, 6) is 0.382. The monoisotopic (exact) mass is 425 g/mol. The van der Waals surface area contributed by atoms with Gasteiger partial charge >= 0.3 is 6.09 Å².